The van der Waals surface area contributed by atoms with Gasteiger partial charge in [-0.3, -0.25) is 0 Å². The van der Waals surface area contributed by atoms with Crippen molar-refractivity contribution in [2.24, 2.45) is 0 Å². The van der Waals surface area contributed by atoms with Crippen LogP contribution in [0.5, 0.6) is 5.75 Å². The lowest BCUT2D eigenvalue weighted by Gasteiger charge is -2.43. The molecule has 0 saturated carbocycles. The van der Waals surface area contributed by atoms with Crippen LogP contribution in [0.25, 0.3) is 0 Å². The SMILES string of the molecule is CC=CCOC1C(OC)c2cc(NC)ccc2OC1(C)C. The van der Waals surface area contributed by atoms with Gasteiger partial charge in [-0.1, -0.05) is 12.2 Å². The summed E-state index contributed by atoms with van der Waals surface area (Å²) in [6, 6.07) is 6.05. The van der Waals surface area contributed by atoms with Crippen molar-refractivity contribution in [3.05, 3.63) is 35.9 Å². The van der Waals surface area contributed by atoms with E-state index in [1.807, 2.05) is 52.1 Å². The molecule has 0 bridgehead atoms. The molecule has 1 aliphatic heterocycles. The normalized spacial score (nSPS) is 23.7. The molecule has 1 aromatic rings. The molecule has 0 saturated heterocycles. The minimum Gasteiger partial charge on any atom is -0.485 e. The van der Waals surface area contributed by atoms with Gasteiger partial charge in [0.15, 0.2) is 0 Å². The first-order valence-electron chi connectivity index (χ1n) is 7.29. The summed E-state index contributed by atoms with van der Waals surface area (Å²) in [5.74, 6) is 0.858. The lowest BCUT2D eigenvalue weighted by Crippen LogP contribution is -2.50. The molecule has 1 N–H and O–H groups in total. The Morgan fingerprint density at radius 3 is 2.76 bits per heavy atom. The van der Waals surface area contributed by atoms with Crippen LogP contribution in [0.15, 0.2) is 30.4 Å². The molecule has 0 aliphatic carbocycles. The molecule has 2 rings (SSSR count). The third kappa shape index (κ3) is 3.22. The standard InChI is InChI=1S/C17H25NO3/c1-6-7-10-20-16-15(19-5)13-11-12(18-4)8-9-14(13)21-17(16,2)3/h6-9,11,15-16,18H,10H2,1-5H3. The molecule has 1 aromatic carbocycles. The number of rotatable bonds is 5. The number of ether oxygens (including phenoxy) is 3. The number of hydrogen-bond acceptors (Lipinski definition) is 4. The number of allylic oxidation sites excluding steroid dienone is 1. The summed E-state index contributed by atoms with van der Waals surface area (Å²) in [5, 5.41) is 3.15. The van der Waals surface area contributed by atoms with Crippen LogP contribution in [0.1, 0.15) is 32.4 Å². The second-order valence-electron chi connectivity index (χ2n) is 5.69. The molecule has 116 valence electrons. The molecule has 0 amide bonds. The molecule has 0 radical (unpaired) electrons. The highest BCUT2D eigenvalue weighted by Crippen LogP contribution is 2.43. The molecule has 4 nitrogen and oxygen atoms in total. The average molecular weight is 291 g/mol. The van der Waals surface area contributed by atoms with Gasteiger partial charge in [0.1, 0.15) is 23.6 Å². The highest BCUT2D eigenvalue weighted by Gasteiger charge is 2.45. The number of anilines is 1. The van der Waals surface area contributed by atoms with Gasteiger partial charge in [0.2, 0.25) is 0 Å². The van der Waals surface area contributed by atoms with Crippen LogP contribution in [-0.4, -0.2) is 32.5 Å². The summed E-state index contributed by atoms with van der Waals surface area (Å²) in [4.78, 5) is 0. The Morgan fingerprint density at radius 2 is 2.14 bits per heavy atom. The first kappa shape index (κ1) is 15.9. The molecule has 2 unspecified atom stereocenters. The van der Waals surface area contributed by atoms with Crippen molar-refractivity contribution < 1.29 is 14.2 Å². The number of methoxy groups -OCH3 is 1. The van der Waals surface area contributed by atoms with Crippen LogP contribution in [0.4, 0.5) is 5.69 Å². The van der Waals surface area contributed by atoms with Crippen molar-refractivity contribution >= 4 is 5.69 Å². The molecule has 1 heterocycles. The maximum atomic E-state index is 6.14. The third-order valence-corrected chi connectivity index (χ3v) is 3.80. The van der Waals surface area contributed by atoms with E-state index in [0.717, 1.165) is 17.0 Å². The molecule has 2 atom stereocenters. The fourth-order valence-electron chi connectivity index (χ4n) is 2.68. The highest BCUT2D eigenvalue weighted by molar-refractivity contribution is 5.53. The molecule has 4 heteroatoms. The van der Waals surface area contributed by atoms with Crippen molar-refractivity contribution in [1.82, 2.24) is 0 Å². The Bertz CT molecular complexity index is 511. The van der Waals surface area contributed by atoms with Crippen LogP contribution < -0.4 is 10.1 Å². The second-order valence-corrected chi connectivity index (χ2v) is 5.69. The Morgan fingerprint density at radius 1 is 1.38 bits per heavy atom. The fraction of sp³-hybridized carbons (Fsp3) is 0.529. The van der Waals surface area contributed by atoms with E-state index in [9.17, 15) is 0 Å². The minimum atomic E-state index is -0.448. The fourth-order valence-corrected chi connectivity index (χ4v) is 2.68. The summed E-state index contributed by atoms with van der Waals surface area (Å²) in [7, 11) is 3.62. The minimum absolute atomic E-state index is 0.151. The van der Waals surface area contributed by atoms with Crippen molar-refractivity contribution in [3.63, 3.8) is 0 Å². The van der Waals surface area contributed by atoms with Crippen LogP contribution in [-0.2, 0) is 9.47 Å². The zero-order valence-corrected chi connectivity index (χ0v) is 13.5. The van der Waals surface area contributed by atoms with E-state index in [0.29, 0.717) is 6.61 Å². The van der Waals surface area contributed by atoms with Gasteiger partial charge in [0.05, 0.1) is 6.61 Å². The number of hydrogen-bond donors (Lipinski definition) is 1. The number of benzene rings is 1. The van der Waals surface area contributed by atoms with Gasteiger partial charge >= 0.3 is 0 Å². The summed E-state index contributed by atoms with van der Waals surface area (Å²) >= 11 is 0. The summed E-state index contributed by atoms with van der Waals surface area (Å²) in [6.07, 6.45) is 3.65. The highest BCUT2D eigenvalue weighted by atomic mass is 16.6. The maximum Gasteiger partial charge on any atom is 0.132 e. The molecule has 1 aliphatic rings. The van der Waals surface area contributed by atoms with E-state index in [-0.39, 0.29) is 12.2 Å². The number of nitrogens with one attached hydrogen (secondary N) is 1. The Labute approximate surface area is 127 Å². The van der Waals surface area contributed by atoms with Crippen LogP contribution in [0.3, 0.4) is 0 Å². The van der Waals surface area contributed by atoms with Gasteiger partial charge in [-0.2, -0.15) is 0 Å². The predicted octanol–water partition coefficient (Wildman–Crippen LogP) is 3.55. The maximum absolute atomic E-state index is 6.14. The predicted molar refractivity (Wildman–Crippen MR) is 85.0 cm³/mol. The number of fused-ring (bicyclic) bond motifs is 1. The molecule has 21 heavy (non-hydrogen) atoms. The van der Waals surface area contributed by atoms with E-state index >= 15 is 0 Å². The summed E-state index contributed by atoms with van der Waals surface area (Å²) < 4.78 is 17.9. The Kier molecular flexibility index (Phi) is 4.91. The Hall–Kier alpha value is -1.52. The molecular weight excluding hydrogens is 266 g/mol. The van der Waals surface area contributed by atoms with Gasteiger partial charge < -0.3 is 19.5 Å². The van der Waals surface area contributed by atoms with E-state index < -0.39 is 5.60 Å². The third-order valence-electron chi connectivity index (χ3n) is 3.80. The van der Waals surface area contributed by atoms with Gasteiger partial charge in [0.25, 0.3) is 0 Å². The smallest absolute Gasteiger partial charge is 0.132 e. The first-order chi connectivity index (χ1) is 10.0. The van der Waals surface area contributed by atoms with E-state index in [1.54, 1.807) is 7.11 Å². The van der Waals surface area contributed by atoms with Crippen LogP contribution in [0, 0.1) is 0 Å². The summed E-state index contributed by atoms with van der Waals surface area (Å²) in [6.45, 7) is 6.60. The van der Waals surface area contributed by atoms with Crippen molar-refractivity contribution in [2.75, 3.05) is 26.1 Å². The second kappa shape index (κ2) is 6.50. The van der Waals surface area contributed by atoms with Gasteiger partial charge in [-0.25, -0.2) is 0 Å². The largest absolute Gasteiger partial charge is 0.485 e. The summed E-state index contributed by atoms with van der Waals surface area (Å²) in [5.41, 5.74) is 1.61. The van der Waals surface area contributed by atoms with E-state index in [1.165, 1.54) is 0 Å². The topological polar surface area (TPSA) is 39.7 Å². The first-order valence-corrected chi connectivity index (χ1v) is 7.29. The zero-order chi connectivity index (χ0) is 15.5. The zero-order valence-electron chi connectivity index (χ0n) is 13.5. The van der Waals surface area contributed by atoms with Crippen molar-refractivity contribution in [3.8, 4) is 5.75 Å². The molecule has 0 fully saturated rings. The molecular formula is C17H25NO3. The van der Waals surface area contributed by atoms with Crippen molar-refractivity contribution in [1.29, 1.82) is 0 Å². The monoisotopic (exact) mass is 291 g/mol. The van der Waals surface area contributed by atoms with Crippen molar-refractivity contribution in [2.45, 2.75) is 38.6 Å². The van der Waals surface area contributed by atoms with E-state index in [2.05, 4.69) is 11.4 Å². The lowest BCUT2D eigenvalue weighted by molar-refractivity contribution is -0.148. The van der Waals surface area contributed by atoms with Gasteiger partial charge in [-0.05, 0) is 39.0 Å². The lowest BCUT2D eigenvalue weighted by atomic mass is 9.88. The molecule has 0 aromatic heterocycles. The van der Waals surface area contributed by atoms with Gasteiger partial charge in [0, 0.05) is 25.4 Å². The van der Waals surface area contributed by atoms with Crippen LogP contribution in [0.2, 0.25) is 0 Å². The average Bonchev–Trinajstić information content (AvgIpc) is 2.46. The quantitative estimate of drug-likeness (QED) is 0.842. The Balaban J connectivity index is 2.36. The van der Waals surface area contributed by atoms with E-state index in [4.69, 9.17) is 14.2 Å². The molecule has 0 spiro atoms. The van der Waals surface area contributed by atoms with Gasteiger partial charge in [-0.15, -0.1) is 0 Å². The van der Waals surface area contributed by atoms with Crippen LogP contribution >= 0.6 is 0 Å².